The maximum atomic E-state index is 12.1. The summed E-state index contributed by atoms with van der Waals surface area (Å²) in [5, 5.41) is 19.5. The highest BCUT2D eigenvalue weighted by atomic mass is 16.5. The van der Waals surface area contributed by atoms with Crippen LogP contribution < -0.4 is 0 Å². The molecule has 0 saturated heterocycles. The molecule has 1 unspecified atom stereocenters. The van der Waals surface area contributed by atoms with Crippen molar-refractivity contribution in [2.75, 3.05) is 6.61 Å². The van der Waals surface area contributed by atoms with Crippen molar-refractivity contribution in [1.82, 2.24) is 0 Å². The Labute approximate surface area is 126 Å². The van der Waals surface area contributed by atoms with E-state index in [1.54, 1.807) is 31.2 Å². The molecule has 1 atom stereocenters. The molecule has 0 fully saturated rings. The van der Waals surface area contributed by atoms with Gasteiger partial charge in [-0.3, -0.25) is 0 Å². The van der Waals surface area contributed by atoms with E-state index in [1.807, 2.05) is 6.07 Å². The monoisotopic (exact) mass is 289 g/mol. The smallest absolute Gasteiger partial charge is 0.338 e. The Kier molecular flexibility index (Phi) is 6.90. The Morgan fingerprint density at radius 1 is 1.29 bits per heavy atom. The van der Waals surface area contributed by atoms with Crippen LogP contribution in [0.4, 0.5) is 0 Å². The second-order valence-electron chi connectivity index (χ2n) is 5.19. The number of hydrogen-bond donors (Lipinski definition) is 1. The van der Waals surface area contributed by atoms with E-state index in [4.69, 9.17) is 10.00 Å². The topological polar surface area (TPSA) is 70.3 Å². The zero-order valence-corrected chi connectivity index (χ0v) is 12.8. The molecule has 0 amide bonds. The molecule has 1 aromatic carbocycles. The largest absolute Gasteiger partial charge is 0.464 e. The highest BCUT2D eigenvalue weighted by Crippen LogP contribution is 2.23. The molecular weight excluding hydrogens is 266 g/mol. The number of aliphatic hydroxyl groups is 1. The van der Waals surface area contributed by atoms with E-state index in [0.717, 1.165) is 24.8 Å². The number of ether oxygens (including phenoxy) is 1. The number of esters is 1. The zero-order chi connectivity index (χ0) is 15.7. The third kappa shape index (κ3) is 5.20. The molecule has 0 saturated carbocycles. The lowest BCUT2D eigenvalue weighted by molar-refractivity contribution is -0.165. The minimum absolute atomic E-state index is 0.210. The summed E-state index contributed by atoms with van der Waals surface area (Å²) in [4.78, 5) is 12.1. The third-order valence-electron chi connectivity index (χ3n) is 3.43. The van der Waals surface area contributed by atoms with Gasteiger partial charge in [-0.05, 0) is 37.5 Å². The SMILES string of the molecule is CCCCCC(O)(Cc1ccc(C#N)cc1)C(=O)OCC. The van der Waals surface area contributed by atoms with Gasteiger partial charge in [-0.25, -0.2) is 4.79 Å². The molecule has 1 aromatic rings. The van der Waals surface area contributed by atoms with Crippen LogP contribution >= 0.6 is 0 Å². The molecule has 0 radical (unpaired) electrons. The van der Waals surface area contributed by atoms with Crippen molar-refractivity contribution in [2.45, 2.75) is 51.6 Å². The first-order valence-electron chi connectivity index (χ1n) is 7.44. The highest BCUT2D eigenvalue weighted by molar-refractivity contribution is 5.79. The molecule has 114 valence electrons. The fourth-order valence-electron chi connectivity index (χ4n) is 2.23. The molecule has 0 bridgehead atoms. The molecule has 4 heteroatoms. The molecule has 0 aromatic heterocycles. The number of benzene rings is 1. The van der Waals surface area contributed by atoms with Gasteiger partial charge in [-0.15, -0.1) is 0 Å². The van der Waals surface area contributed by atoms with Gasteiger partial charge in [-0.1, -0.05) is 31.9 Å². The molecule has 1 rings (SSSR count). The minimum Gasteiger partial charge on any atom is -0.464 e. The number of hydrogen-bond acceptors (Lipinski definition) is 4. The van der Waals surface area contributed by atoms with Crippen LogP contribution in [0, 0.1) is 11.3 Å². The standard InChI is InChI=1S/C17H23NO3/c1-3-5-6-11-17(20,16(19)21-4-2)12-14-7-9-15(13-18)10-8-14/h7-10,20H,3-6,11-12H2,1-2H3. The highest BCUT2D eigenvalue weighted by Gasteiger charge is 2.37. The average Bonchev–Trinajstić information content (AvgIpc) is 2.48. The number of nitrogens with zero attached hydrogens (tertiary/aromatic N) is 1. The number of unbranched alkanes of at least 4 members (excludes halogenated alkanes) is 2. The van der Waals surface area contributed by atoms with Gasteiger partial charge in [0.25, 0.3) is 0 Å². The number of nitriles is 1. The van der Waals surface area contributed by atoms with Crippen LogP contribution in [-0.2, 0) is 16.0 Å². The summed E-state index contributed by atoms with van der Waals surface area (Å²) < 4.78 is 5.01. The Balaban J connectivity index is 2.84. The fourth-order valence-corrected chi connectivity index (χ4v) is 2.23. The molecule has 1 N–H and O–H groups in total. The average molecular weight is 289 g/mol. The van der Waals surface area contributed by atoms with Crippen LogP contribution in [0.2, 0.25) is 0 Å². The maximum absolute atomic E-state index is 12.1. The lowest BCUT2D eigenvalue weighted by Gasteiger charge is -2.26. The molecule has 4 nitrogen and oxygen atoms in total. The van der Waals surface area contributed by atoms with Gasteiger partial charge in [0.05, 0.1) is 18.2 Å². The van der Waals surface area contributed by atoms with Crippen molar-refractivity contribution in [3.63, 3.8) is 0 Å². The van der Waals surface area contributed by atoms with Crippen LogP contribution in [0.1, 0.15) is 50.7 Å². The number of carbonyl (C=O) groups excluding carboxylic acids is 1. The van der Waals surface area contributed by atoms with Crippen molar-refractivity contribution in [1.29, 1.82) is 5.26 Å². The summed E-state index contributed by atoms with van der Waals surface area (Å²) in [5.74, 6) is -0.564. The zero-order valence-electron chi connectivity index (χ0n) is 12.8. The first-order chi connectivity index (χ1) is 10.1. The second kappa shape index (κ2) is 8.43. The molecule has 0 spiro atoms. The predicted octanol–water partition coefficient (Wildman–Crippen LogP) is 2.98. The predicted molar refractivity (Wildman–Crippen MR) is 80.6 cm³/mol. The van der Waals surface area contributed by atoms with Gasteiger partial charge in [-0.2, -0.15) is 5.26 Å². The summed E-state index contributed by atoms with van der Waals surface area (Å²) in [5.41, 5.74) is -0.107. The van der Waals surface area contributed by atoms with Crippen molar-refractivity contribution < 1.29 is 14.6 Å². The Morgan fingerprint density at radius 2 is 1.95 bits per heavy atom. The van der Waals surface area contributed by atoms with Gasteiger partial charge in [0.1, 0.15) is 0 Å². The van der Waals surface area contributed by atoms with E-state index in [9.17, 15) is 9.90 Å². The van der Waals surface area contributed by atoms with Crippen molar-refractivity contribution in [3.8, 4) is 6.07 Å². The quantitative estimate of drug-likeness (QED) is 0.590. The summed E-state index contributed by atoms with van der Waals surface area (Å²) >= 11 is 0. The molecule has 0 aliphatic rings. The minimum atomic E-state index is -1.49. The Hall–Kier alpha value is -1.86. The van der Waals surface area contributed by atoms with E-state index >= 15 is 0 Å². The summed E-state index contributed by atoms with van der Waals surface area (Å²) in [6, 6.07) is 8.96. The Bertz CT molecular complexity index is 490. The van der Waals surface area contributed by atoms with E-state index in [2.05, 4.69) is 6.92 Å². The summed E-state index contributed by atoms with van der Waals surface area (Å²) in [7, 11) is 0. The van der Waals surface area contributed by atoms with Crippen LogP contribution in [0.25, 0.3) is 0 Å². The molecule has 0 heterocycles. The van der Waals surface area contributed by atoms with Gasteiger partial charge in [0, 0.05) is 6.42 Å². The van der Waals surface area contributed by atoms with Gasteiger partial charge >= 0.3 is 5.97 Å². The van der Waals surface area contributed by atoms with Crippen LogP contribution in [0.5, 0.6) is 0 Å². The first-order valence-corrected chi connectivity index (χ1v) is 7.44. The molecular formula is C17H23NO3. The summed E-state index contributed by atoms with van der Waals surface area (Å²) in [6.45, 7) is 4.05. The van der Waals surface area contributed by atoms with Crippen molar-refractivity contribution >= 4 is 5.97 Å². The van der Waals surface area contributed by atoms with Crippen LogP contribution in [0.3, 0.4) is 0 Å². The molecule has 0 aliphatic heterocycles. The van der Waals surface area contributed by atoms with E-state index in [0.29, 0.717) is 12.0 Å². The van der Waals surface area contributed by atoms with E-state index in [-0.39, 0.29) is 13.0 Å². The maximum Gasteiger partial charge on any atom is 0.338 e. The van der Waals surface area contributed by atoms with Crippen molar-refractivity contribution in [2.24, 2.45) is 0 Å². The second-order valence-corrected chi connectivity index (χ2v) is 5.19. The fraction of sp³-hybridized carbons (Fsp3) is 0.529. The lowest BCUT2D eigenvalue weighted by Crippen LogP contribution is -2.42. The van der Waals surface area contributed by atoms with E-state index in [1.165, 1.54) is 0 Å². The van der Waals surface area contributed by atoms with E-state index < -0.39 is 11.6 Å². The Morgan fingerprint density at radius 3 is 2.48 bits per heavy atom. The van der Waals surface area contributed by atoms with Gasteiger partial charge in [0.2, 0.25) is 0 Å². The lowest BCUT2D eigenvalue weighted by atomic mass is 9.89. The van der Waals surface area contributed by atoms with Gasteiger partial charge in [0.15, 0.2) is 5.60 Å². The molecule has 21 heavy (non-hydrogen) atoms. The van der Waals surface area contributed by atoms with Gasteiger partial charge < -0.3 is 9.84 Å². The normalized spacial score (nSPS) is 13.2. The first kappa shape index (κ1) is 17.2. The summed E-state index contributed by atoms with van der Waals surface area (Å²) in [6.07, 6.45) is 3.37. The van der Waals surface area contributed by atoms with Crippen LogP contribution in [0.15, 0.2) is 24.3 Å². The number of carbonyl (C=O) groups is 1. The number of rotatable bonds is 8. The third-order valence-corrected chi connectivity index (χ3v) is 3.43. The van der Waals surface area contributed by atoms with Crippen molar-refractivity contribution in [3.05, 3.63) is 35.4 Å². The van der Waals surface area contributed by atoms with Crippen LogP contribution in [-0.4, -0.2) is 23.3 Å². The molecule has 0 aliphatic carbocycles.